The summed E-state index contributed by atoms with van der Waals surface area (Å²) in [6.07, 6.45) is 0.220. The molecule has 0 aliphatic carbocycles. The Kier molecular flexibility index (Phi) is 6.90. The van der Waals surface area contributed by atoms with Crippen LogP contribution in [0.4, 0.5) is 0 Å². The summed E-state index contributed by atoms with van der Waals surface area (Å²) in [6.45, 7) is 0. The number of methoxy groups -OCH3 is 1. The van der Waals surface area contributed by atoms with Gasteiger partial charge in [0, 0.05) is 0 Å². The van der Waals surface area contributed by atoms with E-state index in [-0.39, 0.29) is 12.4 Å². The van der Waals surface area contributed by atoms with Gasteiger partial charge in [-0.2, -0.15) is 0 Å². The lowest BCUT2D eigenvalue weighted by atomic mass is 10.0. The number of esters is 1. The van der Waals surface area contributed by atoms with Crippen LogP contribution in [0.2, 0.25) is 0 Å². The van der Waals surface area contributed by atoms with Gasteiger partial charge in [-0.3, -0.25) is 4.79 Å². The molecule has 0 amide bonds. The fourth-order valence-electron chi connectivity index (χ4n) is 3.17. The molecule has 0 radical (unpaired) electrons. The van der Waals surface area contributed by atoms with Crippen molar-refractivity contribution in [1.29, 1.82) is 0 Å². The quantitative estimate of drug-likeness (QED) is 0.179. The summed E-state index contributed by atoms with van der Waals surface area (Å²) in [6, 6.07) is 25.9. The Hall–Kier alpha value is -2.41. The number of rotatable bonds is 6. The summed E-state index contributed by atoms with van der Waals surface area (Å²) in [5.74, 6) is 1.09. The first-order chi connectivity index (χ1) is 15.0. The zero-order chi connectivity index (χ0) is 21.8. The molecule has 0 spiro atoms. The predicted octanol–water partition coefficient (Wildman–Crippen LogP) is 7.76. The van der Waals surface area contributed by atoms with E-state index < -0.39 is 0 Å². The fraction of sp³-hybridized carbons (Fsp3) is 0.0800. The van der Waals surface area contributed by atoms with E-state index in [4.69, 9.17) is 9.47 Å². The van der Waals surface area contributed by atoms with Crippen molar-refractivity contribution in [3.8, 4) is 33.8 Å². The molecule has 0 unspecified atom stereocenters. The van der Waals surface area contributed by atoms with Crippen LogP contribution in [0.15, 0.2) is 86.4 Å². The SMILES string of the molecule is COc1ccc(-c2ccc(-c3ccc(OC(=O)Cc4cc(Br)sc4Br)cc3)cc2)cc1. The monoisotopic (exact) mass is 556 g/mol. The third kappa shape index (κ3) is 5.45. The lowest BCUT2D eigenvalue weighted by Gasteiger charge is -2.08. The molecule has 0 bridgehead atoms. The highest BCUT2D eigenvalue weighted by molar-refractivity contribution is 9.12. The Balaban J connectivity index is 1.41. The normalized spacial score (nSPS) is 10.7. The highest BCUT2D eigenvalue weighted by Gasteiger charge is 2.12. The van der Waals surface area contributed by atoms with Crippen LogP contribution >= 0.6 is 43.2 Å². The largest absolute Gasteiger partial charge is 0.497 e. The molecule has 3 nitrogen and oxygen atoms in total. The smallest absolute Gasteiger partial charge is 0.315 e. The first-order valence-corrected chi connectivity index (χ1v) is 11.9. The molecule has 0 saturated heterocycles. The van der Waals surface area contributed by atoms with Gasteiger partial charge in [-0.05, 0) is 90.0 Å². The van der Waals surface area contributed by atoms with Crippen LogP contribution in [0.25, 0.3) is 22.3 Å². The summed E-state index contributed by atoms with van der Waals surface area (Å²) in [4.78, 5) is 12.2. The van der Waals surface area contributed by atoms with Gasteiger partial charge in [-0.25, -0.2) is 0 Å². The van der Waals surface area contributed by atoms with Gasteiger partial charge in [0.25, 0.3) is 0 Å². The van der Waals surface area contributed by atoms with Crippen LogP contribution in [0, 0.1) is 0 Å². The third-order valence-electron chi connectivity index (χ3n) is 4.79. The Bertz CT molecular complexity index is 1180. The Labute approximate surface area is 201 Å². The third-order valence-corrected chi connectivity index (χ3v) is 7.25. The number of thiophene rings is 1. The van der Waals surface area contributed by atoms with Crippen molar-refractivity contribution in [2.75, 3.05) is 7.11 Å². The summed E-state index contributed by atoms with van der Waals surface area (Å²) in [7, 11) is 1.66. The van der Waals surface area contributed by atoms with Crippen molar-refractivity contribution in [1.82, 2.24) is 0 Å². The number of hydrogen-bond acceptors (Lipinski definition) is 4. The van der Waals surface area contributed by atoms with E-state index in [1.807, 2.05) is 54.6 Å². The van der Waals surface area contributed by atoms with Crippen molar-refractivity contribution in [2.45, 2.75) is 6.42 Å². The second-order valence-electron chi connectivity index (χ2n) is 6.83. The van der Waals surface area contributed by atoms with Crippen LogP contribution in [0.1, 0.15) is 5.56 Å². The van der Waals surface area contributed by atoms with Crippen LogP contribution in [-0.2, 0) is 11.2 Å². The van der Waals surface area contributed by atoms with Gasteiger partial charge >= 0.3 is 5.97 Å². The molecule has 1 heterocycles. The number of carbonyl (C=O) groups is 1. The van der Waals surface area contributed by atoms with Crippen LogP contribution in [0.3, 0.4) is 0 Å². The Morgan fingerprint density at radius 1 is 0.774 bits per heavy atom. The molecule has 0 saturated carbocycles. The predicted molar refractivity (Wildman–Crippen MR) is 133 cm³/mol. The van der Waals surface area contributed by atoms with Crippen molar-refractivity contribution < 1.29 is 14.3 Å². The van der Waals surface area contributed by atoms with E-state index in [1.54, 1.807) is 7.11 Å². The number of benzene rings is 3. The van der Waals surface area contributed by atoms with Gasteiger partial charge in [0.05, 0.1) is 21.1 Å². The molecule has 31 heavy (non-hydrogen) atoms. The van der Waals surface area contributed by atoms with Crippen LogP contribution in [-0.4, -0.2) is 13.1 Å². The van der Waals surface area contributed by atoms with E-state index in [0.29, 0.717) is 5.75 Å². The lowest BCUT2D eigenvalue weighted by Crippen LogP contribution is -2.10. The maximum absolute atomic E-state index is 12.2. The average molecular weight is 558 g/mol. The summed E-state index contributed by atoms with van der Waals surface area (Å²) in [5, 5.41) is 0. The van der Waals surface area contributed by atoms with Crippen molar-refractivity contribution in [3.63, 3.8) is 0 Å². The second kappa shape index (κ2) is 9.81. The number of hydrogen-bond donors (Lipinski definition) is 0. The van der Waals surface area contributed by atoms with Gasteiger partial charge in [-0.1, -0.05) is 48.5 Å². The Morgan fingerprint density at radius 3 is 1.65 bits per heavy atom. The van der Waals surface area contributed by atoms with Crippen molar-refractivity contribution in [2.24, 2.45) is 0 Å². The number of halogens is 2. The molecule has 0 aliphatic rings. The first kappa shape index (κ1) is 21.8. The molecule has 0 N–H and O–H groups in total. The van der Waals surface area contributed by atoms with Gasteiger partial charge in [0.15, 0.2) is 0 Å². The van der Waals surface area contributed by atoms with Gasteiger partial charge in [-0.15, -0.1) is 11.3 Å². The minimum absolute atomic E-state index is 0.220. The van der Waals surface area contributed by atoms with E-state index >= 15 is 0 Å². The molecule has 0 fully saturated rings. The van der Waals surface area contributed by atoms with Crippen molar-refractivity contribution >= 4 is 49.2 Å². The topological polar surface area (TPSA) is 35.5 Å². The van der Waals surface area contributed by atoms with Crippen LogP contribution < -0.4 is 9.47 Å². The summed E-state index contributed by atoms with van der Waals surface area (Å²) < 4.78 is 12.6. The van der Waals surface area contributed by atoms with E-state index in [9.17, 15) is 4.79 Å². The molecule has 0 aliphatic heterocycles. The van der Waals surface area contributed by atoms with Crippen LogP contribution in [0.5, 0.6) is 11.5 Å². The van der Waals surface area contributed by atoms with E-state index in [0.717, 1.165) is 41.1 Å². The second-order valence-corrected chi connectivity index (χ2v) is 10.6. The standard InChI is InChI=1S/C25H18Br2O3S/c1-29-21-10-6-18(7-11-21)16-2-4-17(5-3-16)19-8-12-22(13-9-19)30-24(28)15-20-14-23(26)31-25(20)27/h2-14H,15H2,1H3. The molecule has 156 valence electrons. The van der Waals surface area contributed by atoms with E-state index in [1.165, 1.54) is 11.3 Å². The summed E-state index contributed by atoms with van der Waals surface area (Å²) >= 11 is 8.43. The zero-order valence-corrected chi connectivity index (χ0v) is 20.6. The molecule has 1 aromatic heterocycles. The van der Waals surface area contributed by atoms with Crippen molar-refractivity contribution in [3.05, 3.63) is 92.0 Å². The highest BCUT2D eigenvalue weighted by atomic mass is 79.9. The highest BCUT2D eigenvalue weighted by Crippen LogP contribution is 2.32. The van der Waals surface area contributed by atoms with Gasteiger partial charge in [0.1, 0.15) is 11.5 Å². The zero-order valence-electron chi connectivity index (χ0n) is 16.6. The average Bonchev–Trinajstić information content (AvgIpc) is 3.10. The molecule has 3 aromatic carbocycles. The Morgan fingerprint density at radius 2 is 1.23 bits per heavy atom. The lowest BCUT2D eigenvalue weighted by molar-refractivity contribution is -0.133. The number of ether oxygens (including phenoxy) is 2. The minimum Gasteiger partial charge on any atom is -0.497 e. The van der Waals surface area contributed by atoms with Gasteiger partial charge < -0.3 is 9.47 Å². The molecular weight excluding hydrogens is 540 g/mol. The molecule has 4 aromatic rings. The van der Waals surface area contributed by atoms with Gasteiger partial charge in [0.2, 0.25) is 0 Å². The number of carbonyl (C=O) groups excluding carboxylic acids is 1. The molecule has 4 rings (SSSR count). The van der Waals surface area contributed by atoms with E-state index in [2.05, 4.69) is 56.1 Å². The first-order valence-electron chi connectivity index (χ1n) is 9.51. The fourth-order valence-corrected chi connectivity index (χ4v) is 6.00. The maximum atomic E-state index is 12.2. The molecular formula is C25H18Br2O3S. The minimum atomic E-state index is -0.289. The molecule has 0 atom stereocenters. The maximum Gasteiger partial charge on any atom is 0.315 e. The molecule has 6 heteroatoms. The summed E-state index contributed by atoms with van der Waals surface area (Å²) in [5.41, 5.74) is 5.35.